The second-order valence-electron chi connectivity index (χ2n) is 7.03. The van der Waals surface area contributed by atoms with E-state index in [2.05, 4.69) is 39.1 Å². The van der Waals surface area contributed by atoms with Gasteiger partial charge in [0.25, 0.3) is 0 Å². The van der Waals surface area contributed by atoms with Crippen molar-refractivity contribution >= 4 is 11.8 Å². The minimum absolute atomic E-state index is 0.196. The fraction of sp³-hybridized carbons (Fsp3) is 0.273. The van der Waals surface area contributed by atoms with Crippen molar-refractivity contribution in [3.8, 4) is 16.9 Å². The molecule has 0 aliphatic carbocycles. The number of likely N-dealkylation sites (tertiary alicyclic amines) is 1. The number of hydrogen-bond acceptors (Lipinski definition) is 6. The number of methoxy groups -OCH3 is 1. The molecule has 2 aromatic carbocycles. The number of nitrogens with zero attached hydrogens (tertiary/aromatic N) is 3. The molecule has 144 valence electrons. The van der Waals surface area contributed by atoms with E-state index < -0.39 is 0 Å². The highest BCUT2D eigenvalue weighted by Crippen LogP contribution is 2.38. The van der Waals surface area contributed by atoms with Crippen molar-refractivity contribution in [1.82, 2.24) is 14.9 Å². The van der Waals surface area contributed by atoms with E-state index in [9.17, 15) is 0 Å². The van der Waals surface area contributed by atoms with E-state index in [0.29, 0.717) is 18.4 Å². The van der Waals surface area contributed by atoms with Crippen LogP contribution in [0, 0.1) is 0 Å². The molecule has 6 nitrogen and oxygen atoms in total. The second-order valence-corrected chi connectivity index (χ2v) is 7.03. The van der Waals surface area contributed by atoms with Crippen LogP contribution in [-0.4, -0.2) is 28.5 Å². The summed E-state index contributed by atoms with van der Waals surface area (Å²) in [5.41, 5.74) is 16.1. The van der Waals surface area contributed by atoms with Crippen LogP contribution in [0.3, 0.4) is 0 Å². The Morgan fingerprint density at radius 3 is 2.57 bits per heavy atom. The highest BCUT2D eigenvalue weighted by molar-refractivity contribution is 5.81. The lowest BCUT2D eigenvalue weighted by Gasteiger charge is -2.26. The van der Waals surface area contributed by atoms with Crippen LogP contribution in [0.25, 0.3) is 11.1 Å². The molecule has 1 saturated heterocycles. The van der Waals surface area contributed by atoms with Gasteiger partial charge in [-0.25, -0.2) is 4.98 Å². The first-order chi connectivity index (χ1) is 13.7. The van der Waals surface area contributed by atoms with Gasteiger partial charge in [0.2, 0.25) is 5.95 Å². The third-order valence-corrected chi connectivity index (χ3v) is 5.31. The Kier molecular flexibility index (Phi) is 5.12. The number of hydrogen-bond donors (Lipinski definition) is 2. The summed E-state index contributed by atoms with van der Waals surface area (Å²) in [7, 11) is 1.65. The van der Waals surface area contributed by atoms with Gasteiger partial charge in [-0.1, -0.05) is 48.5 Å². The number of nitrogens with two attached hydrogens (primary N) is 2. The van der Waals surface area contributed by atoms with Crippen LogP contribution < -0.4 is 16.2 Å². The number of nitrogen functional groups attached to an aromatic ring is 2. The Bertz CT molecular complexity index is 960. The maximum Gasteiger partial charge on any atom is 0.222 e. The third kappa shape index (κ3) is 3.51. The smallest absolute Gasteiger partial charge is 0.222 e. The predicted octanol–water partition coefficient (Wildman–Crippen LogP) is 3.65. The fourth-order valence-corrected chi connectivity index (χ4v) is 4.07. The fourth-order valence-electron chi connectivity index (χ4n) is 4.07. The number of para-hydroxylation sites is 1. The zero-order valence-corrected chi connectivity index (χ0v) is 16.0. The molecule has 28 heavy (non-hydrogen) atoms. The first-order valence-corrected chi connectivity index (χ1v) is 9.51. The molecule has 3 aromatic rings. The van der Waals surface area contributed by atoms with E-state index in [1.54, 1.807) is 7.11 Å². The first kappa shape index (κ1) is 18.3. The van der Waals surface area contributed by atoms with Gasteiger partial charge in [-0.3, -0.25) is 4.90 Å². The summed E-state index contributed by atoms with van der Waals surface area (Å²) in [6, 6.07) is 18.8. The minimum atomic E-state index is 0.196. The van der Waals surface area contributed by atoms with E-state index in [4.69, 9.17) is 16.2 Å². The van der Waals surface area contributed by atoms with Gasteiger partial charge < -0.3 is 16.2 Å². The molecule has 4 rings (SSSR count). The molecular weight excluding hydrogens is 350 g/mol. The maximum atomic E-state index is 6.29. The van der Waals surface area contributed by atoms with Crippen molar-refractivity contribution in [3.05, 3.63) is 65.9 Å². The zero-order chi connectivity index (χ0) is 19.5. The lowest BCUT2D eigenvalue weighted by molar-refractivity contribution is 0.246. The molecule has 1 aliphatic heterocycles. The van der Waals surface area contributed by atoms with E-state index in [1.807, 2.05) is 30.3 Å². The SMILES string of the molecule is COc1ccccc1-c1c(N)nc(N)nc1CN1CCCC1c1ccccc1. The van der Waals surface area contributed by atoms with Gasteiger partial charge in [-0.2, -0.15) is 4.98 Å². The predicted molar refractivity (Wildman–Crippen MR) is 112 cm³/mol. The van der Waals surface area contributed by atoms with Gasteiger partial charge >= 0.3 is 0 Å². The van der Waals surface area contributed by atoms with E-state index in [-0.39, 0.29) is 5.95 Å². The molecule has 1 atom stereocenters. The number of aromatic nitrogens is 2. The quantitative estimate of drug-likeness (QED) is 0.707. The highest BCUT2D eigenvalue weighted by Gasteiger charge is 2.28. The molecule has 0 spiro atoms. The van der Waals surface area contributed by atoms with Crippen molar-refractivity contribution in [3.63, 3.8) is 0 Å². The molecule has 1 aliphatic rings. The molecular formula is C22H25N5O. The van der Waals surface area contributed by atoms with Gasteiger partial charge in [0.1, 0.15) is 11.6 Å². The van der Waals surface area contributed by atoms with Crippen LogP contribution >= 0.6 is 0 Å². The summed E-state index contributed by atoms with van der Waals surface area (Å²) < 4.78 is 5.54. The van der Waals surface area contributed by atoms with Crippen molar-refractivity contribution < 1.29 is 4.74 Å². The Labute approximate surface area is 165 Å². The van der Waals surface area contributed by atoms with Gasteiger partial charge in [0, 0.05) is 18.2 Å². The molecule has 1 aromatic heterocycles. The standard InChI is InChI=1S/C22H25N5O/c1-28-19-12-6-5-10-16(19)20-17(25-22(24)26-21(20)23)14-27-13-7-11-18(27)15-8-3-2-4-9-15/h2-6,8-10,12,18H,7,11,13-14H2,1H3,(H4,23,24,25,26). The molecule has 2 heterocycles. The molecule has 1 fully saturated rings. The average Bonchev–Trinajstić information content (AvgIpc) is 3.16. The van der Waals surface area contributed by atoms with Gasteiger partial charge in [0.15, 0.2) is 0 Å². The van der Waals surface area contributed by atoms with Crippen LogP contribution in [0.2, 0.25) is 0 Å². The van der Waals surface area contributed by atoms with Crippen LogP contribution in [0.1, 0.15) is 30.1 Å². The maximum absolute atomic E-state index is 6.29. The normalized spacial score (nSPS) is 17.0. The number of benzene rings is 2. The highest BCUT2D eigenvalue weighted by atomic mass is 16.5. The Hall–Kier alpha value is -3.12. The molecule has 1 unspecified atom stereocenters. The lowest BCUT2D eigenvalue weighted by atomic mass is 10.0. The van der Waals surface area contributed by atoms with Gasteiger partial charge in [-0.15, -0.1) is 0 Å². The van der Waals surface area contributed by atoms with Crippen molar-refractivity contribution in [1.29, 1.82) is 0 Å². The van der Waals surface area contributed by atoms with Crippen molar-refractivity contribution in [2.24, 2.45) is 0 Å². The average molecular weight is 375 g/mol. The number of ether oxygens (including phenoxy) is 1. The monoisotopic (exact) mass is 375 g/mol. The minimum Gasteiger partial charge on any atom is -0.496 e. The van der Waals surface area contributed by atoms with Crippen LogP contribution in [0.5, 0.6) is 5.75 Å². The lowest BCUT2D eigenvalue weighted by Crippen LogP contribution is -2.24. The largest absolute Gasteiger partial charge is 0.496 e. The van der Waals surface area contributed by atoms with Crippen LogP contribution in [-0.2, 0) is 6.54 Å². The topological polar surface area (TPSA) is 90.3 Å². The second kappa shape index (κ2) is 7.86. The van der Waals surface area contributed by atoms with Gasteiger partial charge in [0.05, 0.1) is 18.4 Å². The van der Waals surface area contributed by atoms with E-state index in [1.165, 1.54) is 5.56 Å². The molecule has 0 radical (unpaired) electrons. The Morgan fingerprint density at radius 1 is 1.04 bits per heavy atom. The van der Waals surface area contributed by atoms with Crippen molar-refractivity contribution in [2.45, 2.75) is 25.4 Å². The molecule has 0 bridgehead atoms. The molecule has 4 N–H and O–H groups in total. The Balaban J connectivity index is 1.74. The summed E-state index contributed by atoms with van der Waals surface area (Å²) in [4.78, 5) is 11.2. The summed E-state index contributed by atoms with van der Waals surface area (Å²) in [6.07, 6.45) is 2.28. The zero-order valence-electron chi connectivity index (χ0n) is 16.0. The first-order valence-electron chi connectivity index (χ1n) is 9.51. The molecule has 6 heteroatoms. The summed E-state index contributed by atoms with van der Waals surface area (Å²) in [5, 5.41) is 0. The third-order valence-electron chi connectivity index (χ3n) is 5.31. The van der Waals surface area contributed by atoms with E-state index in [0.717, 1.165) is 42.0 Å². The van der Waals surface area contributed by atoms with Crippen LogP contribution in [0.4, 0.5) is 11.8 Å². The number of anilines is 2. The van der Waals surface area contributed by atoms with Crippen LogP contribution in [0.15, 0.2) is 54.6 Å². The summed E-state index contributed by atoms with van der Waals surface area (Å²) in [5.74, 6) is 1.31. The number of rotatable bonds is 5. The summed E-state index contributed by atoms with van der Waals surface area (Å²) >= 11 is 0. The van der Waals surface area contributed by atoms with E-state index >= 15 is 0 Å². The van der Waals surface area contributed by atoms with Crippen molar-refractivity contribution in [2.75, 3.05) is 25.1 Å². The summed E-state index contributed by atoms with van der Waals surface area (Å²) in [6.45, 7) is 1.67. The van der Waals surface area contributed by atoms with Gasteiger partial charge in [-0.05, 0) is 31.0 Å². The Morgan fingerprint density at radius 2 is 1.79 bits per heavy atom. The molecule has 0 saturated carbocycles. The molecule has 0 amide bonds.